The fraction of sp³-hybridized carbons (Fsp3) is 1.00. The highest BCUT2D eigenvalue weighted by atomic mass is 14.6. The Labute approximate surface area is 69.4 Å². The van der Waals surface area contributed by atoms with E-state index in [4.69, 9.17) is 5.73 Å². The molecule has 2 aliphatic carbocycles. The van der Waals surface area contributed by atoms with Crippen LogP contribution in [0.2, 0.25) is 0 Å². The van der Waals surface area contributed by atoms with Gasteiger partial charge in [0.25, 0.3) is 0 Å². The lowest BCUT2D eigenvalue weighted by Crippen LogP contribution is -2.34. The first-order valence-electron chi connectivity index (χ1n) is 5.12. The van der Waals surface area contributed by atoms with Crippen molar-refractivity contribution in [1.29, 1.82) is 0 Å². The first-order valence-corrected chi connectivity index (χ1v) is 5.12. The van der Waals surface area contributed by atoms with E-state index in [-0.39, 0.29) is 0 Å². The molecule has 2 fully saturated rings. The van der Waals surface area contributed by atoms with Gasteiger partial charge in [0.1, 0.15) is 0 Å². The largest absolute Gasteiger partial charge is 0.328 e. The minimum Gasteiger partial charge on any atom is -0.328 e. The van der Waals surface area contributed by atoms with Gasteiger partial charge in [0.2, 0.25) is 0 Å². The molecule has 3 atom stereocenters. The Morgan fingerprint density at radius 3 is 2.36 bits per heavy atom. The third-order valence-electron chi connectivity index (χ3n) is 3.58. The van der Waals surface area contributed by atoms with Crippen LogP contribution in [0.1, 0.15) is 44.9 Å². The molecule has 2 aliphatic rings. The van der Waals surface area contributed by atoms with Crippen molar-refractivity contribution in [2.75, 3.05) is 0 Å². The van der Waals surface area contributed by atoms with Crippen molar-refractivity contribution in [3.8, 4) is 0 Å². The summed E-state index contributed by atoms with van der Waals surface area (Å²) in [6.07, 6.45) is 9.96. The van der Waals surface area contributed by atoms with Gasteiger partial charge >= 0.3 is 0 Å². The zero-order valence-corrected chi connectivity index (χ0v) is 7.26. The second-order valence-electron chi connectivity index (χ2n) is 4.38. The molecule has 0 radical (unpaired) electrons. The van der Waals surface area contributed by atoms with Gasteiger partial charge in [-0.3, -0.25) is 0 Å². The molecule has 2 saturated carbocycles. The van der Waals surface area contributed by atoms with Crippen LogP contribution in [0.5, 0.6) is 0 Å². The number of rotatable bonds is 0. The molecule has 2 N–H and O–H groups in total. The molecule has 0 heterocycles. The lowest BCUT2D eigenvalue weighted by Gasteiger charge is -2.38. The van der Waals surface area contributed by atoms with E-state index in [0.29, 0.717) is 6.04 Å². The summed E-state index contributed by atoms with van der Waals surface area (Å²) in [6, 6.07) is 0.536. The smallest absolute Gasteiger partial charge is 0.00416 e. The van der Waals surface area contributed by atoms with E-state index < -0.39 is 0 Å². The third kappa shape index (κ3) is 1.58. The summed E-state index contributed by atoms with van der Waals surface area (Å²) in [5.74, 6) is 2.07. The average Bonchev–Trinajstić information content (AvgIpc) is 2.04. The second kappa shape index (κ2) is 3.14. The third-order valence-corrected chi connectivity index (χ3v) is 3.58. The molecule has 0 amide bonds. The minimum absolute atomic E-state index is 0.536. The minimum atomic E-state index is 0.536. The molecular weight excluding hydrogens is 134 g/mol. The van der Waals surface area contributed by atoms with E-state index in [1.165, 1.54) is 44.9 Å². The predicted molar refractivity (Wildman–Crippen MR) is 47.3 cm³/mol. The summed E-state index contributed by atoms with van der Waals surface area (Å²) in [5, 5.41) is 0. The molecule has 64 valence electrons. The lowest BCUT2D eigenvalue weighted by molar-refractivity contribution is 0.157. The van der Waals surface area contributed by atoms with Gasteiger partial charge in [0, 0.05) is 6.04 Å². The first kappa shape index (κ1) is 7.60. The van der Waals surface area contributed by atoms with Gasteiger partial charge in [0.05, 0.1) is 0 Å². The topological polar surface area (TPSA) is 26.0 Å². The second-order valence-corrected chi connectivity index (χ2v) is 4.38. The number of fused-ring (bicyclic) bond motifs is 1. The Kier molecular flexibility index (Phi) is 2.17. The Balaban J connectivity index is 1.93. The van der Waals surface area contributed by atoms with E-state index in [0.717, 1.165) is 11.8 Å². The summed E-state index contributed by atoms with van der Waals surface area (Å²) < 4.78 is 0. The molecule has 0 aromatic carbocycles. The molecule has 2 rings (SSSR count). The molecule has 2 unspecified atom stereocenters. The quantitative estimate of drug-likeness (QED) is 0.568. The summed E-state index contributed by atoms with van der Waals surface area (Å²) in [6.45, 7) is 0. The zero-order valence-electron chi connectivity index (χ0n) is 7.26. The molecule has 0 bridgehead atoms. The molecule has 0 aromatic rings. The standard InChI is InChI=1S/C10H19N/c11-10-6-5-8-3-1-2-4-9(8)7-10/h8-10H,1-7,11H2/t8?,9-,10?/m0/s1. The molecule has 0 saturated heterocycles. The van der Waals surface area contributed by atoms with Gasteiger partial charge in [0.15, 0.2) is 0 Å². The van der Waals surface area contributed by atoms with Gasteiger partial charge < -0.3 is 5.73 Å². The predicted octanol–water partition coefficient (Wildman–Crippen LogP) is 2.30. The number of hydrogen-bond donors (Lipinski definition) is 1. The summed E-state index contributed by atoms with van der Waals surface area (Å²) in [5.41, 5.74) is 5.94. The van der Waals surface area contributed by atoms with E-state index in [1.54, 1.807) is 0 Å². The van der Waals surface area contributed by atoms with Crippen molar-refractivity contribution in [2.45, 2.75) is 51.0 Å². The molecular formula is C10H19N. The van der Waals surface area contributed by atoms with Crippen LogP contribution in [0.3, 0.4) is 0 Å². The highest BCUT2D eigenvalue weighted by molar-refractivity contribution is 4.84. The van der Waals surface area contributed by atoms with Crippen LogP contribution < -0.4 is 5.73 Å². The molecule has 1 nitrogen and oxygen atoms in total. The van der Waals surface area contributed by atoms with Crippen LogP contribution in [0.4, 0.5) is 0 Å². The molecule has 0 aromatic heterocycles. The highest BCUT2D eigenvalue weighted by Gasteiger charge is 2.30. The van der Waals surface area contributed by atoms with E-state index in [2.05, 4.69) is 0 Å². The van der Waals surface area contributed by atoms with Crippen LogP contribution in [0, 0.1) is 11.8 Å². The van der Waals surface area contributed by atoms with Gasteiger partial charge in [-0.2, -0.15) is 0 Å². The van der Waals surface area contributed by atoms with Crippen LogP contribution in [0.15, 0.2) is 0 Å². The number of nitrogens with two attached hydrogens (primary N) is 1. The summed E-state index contributed by atoms with van der Waals surface area (Å²) in [7, 11) is 0. The summed E-state index contributed by atoms with van der Waals surface area (Å²) >= 11 is 0. The Bertz CT molecular complexity index is 133. The van der Waals surface area contributed by atoms with Crippen LogP contribution in [-0.2, 0) is 0 Å². The van der Waals surface area contributed by atoms with Crippen molar-refractivity contribution in [3.05, 3.63) is 0 Å². The fourth-order valence-electron chi connectivity index (χ4n) is 2.91. The van der Waals surface area contributed by atoms with E-state index in [1.807, 2.05) is 0 Å². The fourth-order valence-corrected chi connectivity index (χ4v) is 2.91. The summed E-state index contributed by atoms with van der Waals surface area (Å²) in [4.78, 5) is 0. The molecule has 0 aliphatic heterocycles. The van der Waals surface area contributed by atoms with Crippen molar-refractivity contribution in [3.63, 3.8) is 0 Å². The maximum absolute atomic E-state index is 5.94. The maximum Gasteiger partial charge on any atom is 0.00416 e. The van der Waals surface area contributed by atoms with Crippen molar-refractivity contribution in [1.82, 2.24) is 0 Å². The molecule has 0 spiro atoms. The molecule has 1 heteroatoms. The Morgan fingerprint density at radius 2 is 1.55 bits per heavy atom. The lowest BCUT2D eigenvalue weighted by atomic mass is 9.70. The van der Waals surface area contributed by atoms with Crippen molar-refractivity contribution >= 4 is 0 Å². The van der Waals surface area contributed by atoms with Crippen LogP contribution >= 0.6 is 0 Å². The van der Waals surface area contributed by atoms with Gasteiger partial charge in [-0.25, -0.2) is 0 Å². The monoisotopic (exact) mass is 153 g/mol. The Hall–Kier alpha value is -0.0400. The van der Waals surface area contributed by atoms with Crippen LogP contribution in [-0.4, -0.2) is 6.04 Å². The van der Waals surface area contributed by atoms with E-state index >= 15 is 0 Å². The SMILES string of the molecule is NC1CCC2CCCC[C@H]2C1. The first-order chi connectivity index (χ1) is 5.36. The molecule has 11 heavy (non-hydrogen) atoms. The van der Waals surface area contributed by atoms with Crippen LogP contribution in [0.25, 0.3) is 0 Å². The van der Waals surface area contributed by atoms with Gasteiger partial charge in [-0.15, -0.1) is 0 Å². The van der Waals surface area contributed by atoms with Crippen molar-refractivity contribution < 1.29 is 0 Å². The highest BCUT2D eigenvalue weighted by Crippen LogP contribution is 2.39. The number of hydrogen-bond acceptors (Lipinski definition) is 1. The van der Waals surface area contributed by atoms with Gasteiger partial charge in [-0.05, 0) is 31.1 Å². The van der Waals surface area contributed by atoms with Crippen molar-refractivity contribution in [2.24, 2.45) is 17.6 Å². The normalized spacial score (nSPS) is 45.0. The Morgan fingerprint density at radius 1 is 0.818 bits per heavy atom. The maximum atomic E-state index is 5.94. The van der Waals surface area contributed by atoms with E-state index in [9.17, 15) is 0 Å². The zero-order chi connectivity index (χ0) is 7.68. The average molecular weight is 153 g/mol. The van der Waals surface area contributed by atoms with Gasteiger partial charge in [-0.1, -0.05) is 25.7 Å².